The summed E-state index contributed by atoms with van der Waals surface area (Å²) in [6, 6.07) is 1.88. The van der Waals surface area contributed by atoms with Crippen LogP contribution in [-0.4, -0.2) is 48.4 Å². The molecule has 1 aliphatic heterocycles. The lowest BCUT2D eigenvalue weighted by atomic mass is 9.67. The molecule has 2 aliphatic rings. The van der Waals surface area contributed by atoms with Crippen molar-refractivity contribution in [2.75, 3.05) is 13.1 Å². The topological polar surface area (TPSA) is 68.8 Å². The molecule has 2 aromatic heterocycles. The van der Waals surface area contributed by atoms with Crippen LogP contribution in [0.15, 0.2) is 12.4 Å². The Labute approximate surface area is 148 Å². The van der Waals surface area contributed by atoms with Crippen LogP contribution in [0.3, 0.4) is 0 Å². The Balaban J connectivity index is 1.67. The van der Waals surface area contributed by atoms with Crippen LogP contribution in [0, 0.1) is 12.3 Å². The van der Waals surface area contributed by atoms with Crippen LogP contribution in [0.2, 0.25) is 0 Å². The van der Waals surface area contributed by atoms with Crippen LogP contribution in [-0.2, 0) is 14.1 Å². The molecule has 134 valence electrons. The number of hydrogen-bond acceptors (Lipinski definition) is 4. The average Bonchev–Trinajstić information content (AvgIpc) is 3.25. The van der Waals surface area contributed by atoms with Crippen molar-refractivity contribution in [1.82, 2.24) is 29.4 Å². The van der Waals surface area contributed by atoms with E-state index in [0.717, 1.165) is 24.6 Å². The quantitative estimate of drug-likeness (QED) is 0.837. The van der Waals surface area contributed by atoms with E-state index in [9.17, 15) is 4.79 Å². The third kappa shape index (κ3) is 2.65. The van der Waals surface area contributed by atoms with Gasteiger partial charge in [0.15, 0.2) is 0 Å². The zero-order valence-corrected chi connectivity index (χ0v) is 15.3. The number of nitrogens with zero attached hydrogens (tertiary/aromatic N) is 6. The van der Waals surface area contributed by atoms with E-state index < -0.39 is 0 Å². The molecule has 7 nitrogen and oxygen atoms in total. The first-order valence-electron chi connectivity index (χ1n) is 9.14. The molecule has 0 bridgehead atoms. The average molecular weight is 342 g/mol. The number of rotatable bonds is 2. The molecule has 1 atom stereocenters. The number of amides is 1. The number of carbonyl (C=O) groups is 1. The molecule has 1 saturated carbocycles. The van der Waals surface area contributed by atoms with Gasteiger partial charge in [0.25, 0.3) is 5.91 Å². The van der Waals surface area contributed by atoms with Crippen molar-refractivity contribution < 1.29 is 4.79 Å². The highest BCUT2D eigenvalue weighted by Gasteiger charge is 2.50. The Morgan fingerprint density at radius 1 is 1.24 bits per heavy atom. The normalized spacial score (nSPS) is 22.7. The van der Waals surface area contributed by atoms with E-state index in [-0.39, 0.29) is 17.2 Å². The molecule has 1 amide bonds. The smallest absolute Gasteiger partial charge is 0.272 e. The van der Waals surface area contributed by atoms with Crippen molar-refractivity contribution in [2.24, 2.45) is 19.5 Å². The van der Waals surface area contributed by atoms with Gasteiger partial charge in [-0.2, -0.15) is 5.10 Å². The summed E-state index contributed by atoms with van der Waals surface area (Å²) in [6.07, 6.45) is 7.86. The largest absolute Gasteiger partial charge is 0.336 e. The van der Waals surface area contributed by atoms with Gasteiger partial charge in [0.05, 0.1) is 5.69 Å². The molecule has 0 radical (unpaired) electrons. The predicted molar refractivity (Wildman–Crippen MR) is 93.1 cm³/mol. The summed E-state index contributed by atoms with van der Waals surface area (Å²) < 4.78 is 3.71. The van der Waals surface area contributed by atoms with E-state index in [1.807, 2.05) is 36.6 Å². The minimum atomic E-state index is 0.0812. The van der Waals surface area contributed by atoms with Crippen molar-refractivity contribution in [3.05, 3.63) is 29.6 Å². The molecule has 2 aromatic rings. The number of carbonyl (C=O) groups excluding carboxylic acids is 1. The summed E-state index contributed by atoms with van der Waals surface area (Å²) in [5.74, 6) is 1.36. The molecule has 0 N–H and O–H groups in total. The highest BCUT2D eigenvalue weighted by Crippen LogP contribution is 2.51. The van der Waals surface area contributed by atoms with Crippen LogP contribution in [0.25, 0.3) is 0 Å². The first-order valence-corrected chi connectivity index (χ1v) is 9.14. The second-order valence-electron chi connectivity index (χ2n) is 7.76. The molecule has 4 rings (SSSR count). The molecule has 0 aromatic carbocycles. The minimum absolute atomic E-state index is 0.0812. The van der Waals surface area contributed by atoms with Crippen molar-refractivity contribution in [1.29, 1.82) is 0 Å². The van der Waals surface area contributed by atoms with Gasteiger partial charge >= 0.3 is 0 Å². The Morgan fingerprint density at radius 2 is 2.00 bits per heavy atom. The van der Waals surface area contributed by atoms with E-state index in [1.165, 1.54) is 32.1 Å². The fraction of sp³-hybridized carbons (Fsp3) is 0.667. The fourth-order valence-electron chi connectivity index (χ4n) is 4.82. The van der Waals surface area contributed by atoms with Gasteiger partial charge < -0.3 is 9.47 Å². The molecular formula is C18H26N6O. The molecule has 1 spiro atoms. The summed E-state index contributed by atoms with van der Waals surface area (Å²) in [5, 5.41) is 12.8. The zero-order valence-electron chi connectivity index (χ0n) is 15.3. The Kier molecular flexibility index (Phi) is 3.89. The Bertz CT molecular complexity index is 785. The van der Waals surface area contributed by atoms with E-state index in [4.69, 9.17) is 0 Å². The van der Waals surface area contributed by atoms with Gasteiger partial charge in [0.2, 0.25) is 0 Å². The maximum Gasteiger partial charge on any atom is 0.272 e. The summed E-state index contributed by atoms with van der Waals surface area (Å²) in [5.41, 5.74) is 1.69. The highest BCUT2D eigenvalue weighted by atomic mass is 16.2. The van der Waals surface area contributed by atoms with Crippen LogP contribution < -0.4 is 0 Å². The van der Waals surface area contributed by atoms with E-state index in [2.05, 4.69) is 15.3 Å². The lowest BCUT2D eigenvalue weighted by Gasteiger charge is -2.37. The number of aromatic nitrogens is 5. The molecule has 1 unspecified atom stereocenters. The van der Waals surface area contributed by atoms with Crippen molar-refractivity contribution >= 4 is 5.91 Å². The maximum atomic E-state index is 13.1. The lowest BCUT2D eigenvalue weighted by Crippen LogP contribution is -2.35. The van der Waals surface area contributed by atoms with Crippen LogP contribution in [0.5, 0.6) is 0 Å². The molecule has 1 aliphatic carbocycles. The van der Waals surface area contributed by atoms with Crippen molar-refractivity contribution in [2.45, 2.75) is 44.9 Å². The number of aryl methyl sites for hydroxylation is 3. The van der Waals surface area contributed by atoms with Gasteiger partial charge in [0.1, 0.15) is 17.8 Å². The van der Waals surface area contributed by atoms with Crippen LogP contribution in [0.4, 0.5) is 0 Å². The third-order valence-corrected chi connectivity index (χ3v) is 6.06. The van der Waals surface area contributed by atoms with Gasteiger partial charge in [-0.3, -0.25) is 9.48 Å². The molecular weight excluding hydrogens is 316 g/mol. The van der Waals surface area contributed by atoms with Crippen LogP contribution >= 0.6 is 0 Å². The lowest BCUT2D eigenvalue weighted by molar-refractivity contribution is 0.0747. The van der Waals surface area contributed by atoms with Crippen LogP contribution in [0.1, 0.15) is 60.0 Å². The van der Waals surface area contributed by atoms with Gasteiger partial charge in [-0.15, -0.1) is 10.2 Å². The Morgan fingerprint density at radius 3 is 2.60 bits per heavy atom. The summed E-state index contributed by atoms with van der Waals surface area (Å²) in [7, 11) is 3.84. The van der Waals surface area contributed by atoms with E-state index >= 15 is 0 Å². The number of likely N-dealkylation sites (tertiary alicyclic amines) is 1. The first-order chi connectivity index (χ1) is 12.0. The van der Waals surface area contributed by atoms with Crippen molar-refractivity contribution in [3.8, 4) is 0 Å². The predicted octanol–water partition coefficient (Wildman–Crippen LogP) is 2.05. The molecule has 2 fully saturated rings. The van der Waals surface area contributed by atoms with E-state index in [1.54, 1.807) is 11.0 Å². The van der Waals surface area contributed by atoms with E-state index in [0.29, 0.717) is 5.69 Å². The SMILES string of the molecule is Cc1cc(C(=O)N2CC(c3nncn3C)C3(CCCCC3)C2)n(C)n1. The maximum absolute atomic E-state index is 13.1. The van der Waals surface area contributed by atoms with Gasteiger partial charge in [-0.05, 0) is 31.2 Å². The molecule has 3 heterocycles. The third-order valence-electron chi connectivity index (χ3n) is 6.06. The van der Waals surface area contributed by atoms with Gasteiger partial charge in [-0.25, -0.2) is 0 Å². The molecule has 7 heteroatoms. The fourth-order valence-corrected chi connectivity index (χ4v) is 4.82. The summed E-state index contributed by atoms with van der Waals surface area (Å²) >= 11 is 0. The van der Waals surface area contributed by atoms with Gasteiger partial charge in [0, 0.05) is 33.1 Å². The minimum Gasteiger partial charge on any atom is -0.336 e. The van der Waals surface area contributed by atoms with Crippen molar-refractivity contribution in [3.63, 3.8) is 0 Å². The monoisotopic (exact) mass is 342 g/mol. The summed E-state index contributed by atoms with van der Waals surface area (Å²) in [4.78, 5) is 15.1. The zero-order chi connectivity index (χ0) is 17.6. The molecule has 25 heavy (non-hydrogen) atoms. The molecule has 1 saturated heterocycles. The second-order valence-corrected chi connectivity index (χ2v) is 7.76. The highest BCUT2D eigenvalue weighted by molar-refractivity contribution is 5.93. The van der Waals surface area contributed by atoms with Gasteiger partial charge in [-0.1, -0.05) is 19.3 Å². The first kappa shape index (κ1) is 16.3. The number of hydrogen-bond donors (Lipinski definition) is 0. The standard InChI is InChI=1S/C18H26N6O/c1-13-9-15(23(3)21-13)17(25)24-10-14(16-20-19-12-22(16)2)18(11-24)7-5-4-6-8-18/h9,12,14H,4-8,10-11H2,1-3H3. The second kappa shape index (κ2) is 5.97. The Hall–Kier alpha value is -2.18. The summed E-state index contributed by atoms with van der Waals surface area (Å²) in [6.45, 7) is 3.45.